The molecule has 0 saturated carbocycles. The minimum Gasteiger partial charge on any atom is -0.325 e. The molecular weight excluding hydrogens is 362 g/mol. The summed E-state index contributed by atoms with van der Waals surface area (Å²) in [6.07, 6.45) is 1.83. The van der Waals surface area contributed by atoms with Crippen LogP contribution in [-0.2, 0) is 4.79 Å². The van der Waals surface area contributed by atoms with E-state index in [1.807, 2.05) is 30.5 Å². The summed E-state index contributed by atoms with van der Waals surface area (Å²) in [5.41, 5.74) is 4.15. The number of benzene rings is 2. The van der Waals surface area contributed by atoms with E-state index in [-0.39, 0.29) is 11.2 Å². The molecule has 1 atom stereocenters. The Morgan fingerprint density at radius 1 is 1.18 bits per heavy atom. The molecule has 22 heavy (non-hydrogen) atoms. The number of thioether (sulfide) groups is 1. The van der Waals surface area contributed by atoms with E-state index < -0.39 is 0 Å². The molecular formula is C16H12BrN3OS. The zero-order chi connectivity index (χ0) is 15.1. The molecule has 0 aliphatic carbocycles. The smallest absolute Gasteiger partial charge is 0.234 e. The van der Waals surface area contributed by atoms with Crippen molar-refractivity contribution in [3.8, 4) is 0 Å². The van der Waals surface area contributed by atoms with Gasteiger partial charge in [0.25, 0.3) is 0 Å². The number of halogens is 1. The lowest BCUT2D eigenvalue weighted by Crippen LogP contribution is -2.12. The van der Waals surface area contributed by atoms with Crippen LogP contribution in [0.2, 0.25) is 0 Å². The molecule has 0 radical (unpaired) electrons. The quantitative estimate of drug-likeness (QED) is 0.674. The van der Waals surface area contributed by atoms with E-state index in [0.29, 0.717) is 5.75 Å². The number of fused-ring (bicyclic) bond motifs is 3. The summed E-state index contributed by atoms with van der Waals surface area (Å²) in [4.78, 5) is 12.0. The molecule has 1 aromatic heterocycles. The maximum atomic E-state index is 12.0. The fraction of sp³-hybridized carbons (Fsp3) is 0.125. The second kappa shape index (κ2) is 5.44. The highest BCUT2D eigenvalue weighted by atomic mass is 79.9. The van der Waals surface area contributed by atoms with Gasteiger partial charge in [-0.2, -0.15) is 5.10 Å². The van der Waals surface area contributed by atoms with Crippen molar-refractivity contribution in [3.63, 3.8) is 0 Å². The van der Waals surface area contributed by atoms with Crippen molar-refractivity contribution in [1.29, 1.82) is 0 Å². The van der Waals surface area contributed by atoms with Crippen LogP contribution in [-0.4, -0.2) is 21.9 Å². The van der Waals surface area contributed by atoms with Gasteiger partial charge in [-0.1, -0.05) is 28.1 Å². The lowest BCUT2D eigenvalue weighted by Gasteiger charge is -2.18. The van der Waals surface area contributed by atoms with Crippen molar-refractivity contribution in [2.75, 3.05) is 11.1 Å². The molecule has 110 valence electrons. The van der Waals surface area contributed by atoms with Gasteiger partial charge >= 0.3 is 0 Å². The summed E-state index contributed by atoms with van der Waals surface area (Å²) >= 11 is 5.11. The number of hydrogen-bond donors (Lipinski definition) is 2. The largest absolute Gasteiger partial charge is 0.325 e. The molecule has 0 fully saturated rings. The van der Waals surface area contributed by atoms with Crippen LogP contribution in [0.1, 0.15) is 16.4 Å². The Labute approximate surface area is 139 Å². The van der Waals surface area contributed by atoms with Crippen molar-refractivity contribution in [2.45, 2.75) is 5.25 Å². The molecule has 1 aliphatic heterocycles. The minimum atomic E-state index is 0.0358. The Hall–Kier alpha value is -1.79. The number of H-pyrrole nitrogens is 1. The molecule has 0 saturated heterocycles. The number of nitrogens with one attached hydrogen (secondary N) is 2. The second-order valence-corrected chi connectivity index (χ2v) is 7.16. The number of nitrogens with zero attached hydrogens (tertiary/aromatic N) is 1. The maximum absolute atomic E-state index is 12.0. The van der Waals surface area contributed by atoms with E-state index in [1.54, 1.807) is 11.8 Å². The fourth-order valence-electron chi connectivity index (χ4n) is 2.76. The number of carbonyl (C=O) groups excluding carboxylic acids is 1. The molecule has 2 N–H and O–H groups in total. The molecule has 1 aliphatic rings. The Bertz CT molecular complexity index is 859. The topological polar surface area (TPSA) is 57.8 Å². The number of aromatic amines is 1. The predicted molar refractivity (Wildman–Crippen MR) is 93.2 cm³/mol. The summed E-state index contributed by atoms with van der Waals surface area (Å²) in [6.45, 7) is 0. The highest BCUT2D eigenvalue weighted by Gasteiger charge is 2.26. The van der Waals surface area contributed by atoms with E-state index in [9.17, 15) is 4.79 Å². The highest BCUT2D eigenvalue weighted by molar-refractivity contribution is 9.10. The third-order valence-electron chi connectivity index (χ3n) is 3.76. The molecule has 1 unspecified atom stereocenters. The lowest BCUT2D eigenvalue weighted by atomic mass is 9.99. The van der Waals surface area contributed by atoms with Gasteiger partial charge < -0.3 is 5.32 Å². The first-order chi connectivity index (χ1) is 10.7. The van der Waals surface area contributed by atoms with E-state index in [2.05, 4.69) is 43.6 Å². The molecule has 2 heterocycles. The molecule has 3 aromatic rings. The van der Waals surface area contributed by atoms with Crippen LogP contribution in [0, 0.1) is 0 Å². The van der Waals surface area contributed by atoms with Crippen LogP contribution in [0.15, 0.2) is 47.1 Å². The van der Waals surface area contributed by atoms with Crippen LogP contribution in [0.4, 0.5) is 5.69 Å². The predicted octanol–water partition coefficient (Wildman–Crippen LogP) is 4.10. The van der Waals surface area contributed by atoms with E-state index in [0.717, 1.165) is 26.6 Å². The van der Waals surface area contributed by atoms with E-state index in [1.165, 1.54) is 5.56 Å². The van der Waals surface area contributed by atoms with Crippen LogP contribution >= 0.6 is 27.7 Å². The summed E-state index contributed by atoms with van der Waals surface area (Å²) < 4.78 is 1.05. The second-order valence-electron chi connectivity index (χ2n) is 5.15. The fourth-order valence-corrected chi connectivity index (χ4v) is 4.18. The molecule has 4 nitrogen and oxygen atoms in total. The SMILES string of the molecule is O=C1CSC(c2ccc(Br)cc2)c2c(ccc3[nH]ncc23)N1. The normalized spacial score (nSPS) is 17.9. The first-order valence-corrected chi connectivity index (χ1v) is 8.69. The standard InChI is InChI=1S/C16H12BrN3OS/c17-10-3-1-9(2-4-10)16-15-11-7-18-20-12(11)5-6-13(15)19-14(21)8-22-16/h1-7,16H,8H2,(H,18,20)(H,19,21). The number of amides is 1. The molecule has 6 heteroatoms. The number of rotatable bonds is 1. The minimum absolute atomic E-state index is 0.0358. The third kappa shape index (κ3) is 2.32. The van der Waals surface area contributed by atoms with E-state index >= 15 is 0 Å². The van der Waals surface area contributed by atoms with Crippen LogP contribution in [0.25, 0.3) is 10.9 Å². The van der Waals surface area contributed by atoms with Crippen LogP contribution < -0.4 is 5.32 Å². The summed E-state index contributed by atoms with van der Waals surface area (Å²) in [7, 11) is 0. The van der Waals surface area contributed by atoms with Crippen molar-refractivity contribution >= 4 is 50.2 Å². The summed E-state index contributed by atoms with van der Waals surface area (Å²) in [6, 6.07) is 12.2. The molecule has 1 amide bonds. The van der Waals surface area contributed by atoms with Crippen molar-refractivity contribution in [2.24, 2.45) is 0 Å². The lowest BCUT2D eigenvalue weighted by molar-refractivity contribution is -0.113. The Balaban J connectivity index is 1.94. The van der Waals surface area contributed by atoms with Gasteiger partial charge in [0.05, 0.1) is 22.7 Å². The summed E-state index contributed by atoms with van der Waals surface area (Å²) in [5.74, 6) is 0.475. The van der Waals surface area contributed by atoms with Crippen LogP contribution in [0.3, 0.4) is 0 Å². The zero-order valence-electron chi connectivity index (χ0n) is 11.5. The van der Waals surface area contributed by atoms with Gasteiger partial charge in [-0.05, 0) is 29.8 Å². The number of anilines is 1. The van der Waals surface area contributed by atoms with Gasteiger partial charge in [0.2, 0.25) is 5.91 Å². The molecule has 4 rings (SSSR count). The zero-order valence-corrected chi connectivity index (χ0v) is 13.9. The van der Waals surface area contributed by atoms with Crippen LogP contribution in [0.5, 0.6) is 0 Å². The van der Waals surface area contributed by atoms with Gasteiger partial charge in [0, 0.05) is 21.1 Å². The average molecular weight is 374 g/mol. The summed E-state index contributed by atoms with van der Waals surface area (Å²) in [5, 5.41) is 11.3. The first kappa shape index (κ1) is 13.8. The van der Waals surface area contributed by atoms with Crippen molar-refractivity contribution in [3.05, 3.63) is 58.2 Å². The van der Waals surface area contributed by atoms with Gasteiger partial charge in [-0.3, -0.25) is 9.89 Å². The number of carbonyl (C=O) groups is 1. The molecule has 0 spiro atoms. The Kier molecular flexibility index (Phi) is 3.43. The Morgan fingerprint density at radius 3 is 2.82 bits per heavy atom. The number of aromatic nitrogens is 2. The first-order valence-electron chi connectivity index (χ1n) is 6.85. The highest BCUT2D eigenvalue weighted by Crippen LogP contribution is 2.44. The maximum Gasteiger partial charge on any atom is 0.234 e. The van der Waals surface area contributed by atoms with Gasteiger partial charge in [0.15, 0.2) is 0 Å². The van der Waals surface area contributed by atoms with E-state index in [4.69, 9.17) is 0 Å². The molecule has 2 aromatic carbocycles. The Morgan fingerprint density at radius 2 is 2.00 bits per heavy atom. The average Bonchev–Trinajstić information content (AvgIpc) is 2.92. The molecule has 0 bridgehead atoms. The van der Waals surface area contributed by atoms with Crippen molar-refractivity contribution in [1.82, 2.24) is 10.2 Å². The van der Waals surface area contributed by atoms with Gasteiger partial charge in [-0.15, -0.1) is 11.8 Å². The van der Waals surface area contributed by atoms with Gasteiger partial charge in [0.1, 0.15) is 0 Å². The number of hydrogen-bond acceptors (Lipinski definition) is 3. The monoisotopic (exact) mass is 373 g/mol. The van der Waals surface area contributed by atoms with Gasteiger partial charge in [-0.25, -0.2) is 0 Å². The van der Waals surface area contributed by atoms with Crippen molar-refractivity contribution < 1.29 is 4.79 Å². The third-order valence-corrected chi connectivity index (χ3v) is 5.55.